The van der Waals surface area contributed by atoms with Crippen LogP contribution in [0.2, 0.25) is 0 Å². The Hall–Kier alpha value is -1.78. The molecule has 2 nitrogen and oxygen atoms in total. The van der Waals surface area contributed by atoms with Crippen molar-refractivity contribution in [1.29, 1.82) is 0 Å². The van der Waals surface area contributed by atoms with Crippen LogP contribution in [0.25, 0.3) is 0 Å². The van der Waals surface area contributed by atoms with Crippen LogP contribution in [0.4, 0.5) is 13.2 Å². The van der Waals surface area contributed by atoms with Gasteiger partial charge in [-0.2, -0.15) is 13.2 Å². The number of allylic oxidation sites excluding steroid dienone is 2. The van der Waals surface area contributed by atoms with Gasteiger partial charge in [0, 0.05) is 6.42 Å². The Morgan fingerprint density at radius 2 is 2.00 bits per heavy atom. The molecule has 1 amide bonds. The van der Waals surface area contributed by atoms with Crippen LogP contribution in [0.5, 0.6) is 0 Å². The molecule has 1 aliphatic carbocycles. The van der Waals surface area contributed by atoms with Crippen molar-refractivity contribution in [1.82, 2.24) is 5.32 Å². The number of nitrogens with one attached hydrogen (secondary N) is 1. The summed E-state index contributed by atoms with van der Waals surface area (Å²) in [6.45, 7) is 1.77. The van der Waals surface area contributed by atoms with E-state index >= 15 is 0 Å². The Labute approximate surface area is 122 Å². The van der Waals surface area contributed by atoms with E-state index < -0.39 is 11.7 Å². The molecule has 1 aromatic carbocycles. The minimum absolute atomic E-state index is 0.0704. The zero-order valence-corrected chi connectivity index (χ0v) is 11.8. The monoisotopic (exact) mass is 297 g/mol. The molecule has 21 heavy (non-hydrogen) atoms. The van der Waals surface area contributed by atoms with Crippen LogP contribution in [-0.2, 0) is 11.0 Å². The van der Waals surface area contributed by atoms with E-state index in [2.05, 4.69) is 11.4 Å². The van der Waals surface area contributed by atoms with Gasteiger partial charge in [-0.15, -0.1) is 0 Å². The molecule has 114 valence electrons. The maximum atomic E-state index is 12.5. The van der Waals surface area contributed by atoms with Gasteiger partial charge in [0.2, 0.25) is 5.91 Å². The molecule has 0 aliphatic heterocycles. The van der Waals surface area contributed by atoms with Gasteiger partial charge in [-0.3, -0.25) is 4.79 Å². The number of hydrogen-bond acceptors (Lipinski definition) is 1. The second-order valence-corrected chi connectivity index (χ2v) is 5.38. The van der Waals surface area contributed by atoms with Gasteiger partial charge < -0.3 is 5.32 Å². The number of halogens is 3. The van der Waals surface area contributed by atoms with E-state index in [4.69, 9.17) is 0 Å². The van der Waals surface area contributed by atoms with Crippen molar-refractivity contribution >= 4 is 5.91 Å². The molecule has 1 aromatic rings. The van der Waals surface area contributed by atoms with Gasteiger partial charge in [-0.1, -0.05) is 24.3 Å². The third-order valence-electron chi connectivity index (χ3n) is 3.68. The van der Waals surface area contributed by atoms with Crippen LogP contribution in [0, 0.1) is 5.92 Å². The quantitative estimate of drug-likeness (QED) is 0.828. The van der Waals surface area contributed by atoms with Crippen molar-refractivity contribution in [2.75, 3.05) is 0 Å². The van der Waals surface area contributed by atoms with E-state index in [-0.39, 0.29) is 17.9 Å². The van der Waals surface area contributed by atoms with E-state index in [0.29, 0.717) is 12.0 Å². The molecule has 1 aliphatic rings. The molecule has 0 saturated heterocycles. The first-order valence-corrected chi connectivity index (χ1v) is 6.99. The van der Waals surface area contributed by atoms with Crippen molar-refractivity contribution in [3.05, 3.63) is 47.5 Å². The number of carbonyl (C=O) groups is 1. The smallest absolute Gasteiger partial charge is 0.350 e. The maximum Gasteiger partial charge on any atom is 0.416 e. The van der Waals surface area contributed by atoms with Gasteiger partial charge in [0.15, 0.2) is 0 Å². The molecule has 1 N–H and O–H groups in total. The Balaban J connectivity index is 1.91. The molecule has 0 unspecified atom stereocenters. The van der Waals surface area contributed by atoms with Crippen LogP contribution in [-0.4, -0.2) is 5.91 Å². The normalized spacial score (nSPS) is 19.5. The van der Waals surface area contributed by atoms with E-state index in [9.17, 15) is 18.0 Å². The highest BCUT2D eigenvalue weighted by Gasteiger charge is 2.30. The third-order valence-corrected chi connectivity index (χ3v) is 3.68. The molecule has 5 heteroatoms. The predicted molar refractivity (Wildman–Crippen MR) is 74.5 cm³/mol. The fourth-order valence-corrected chi connectivity index (χ4v) is 2.45. The highest BCUT2D eigenvalue weighted by Crippen LogP contribution is 2.30. The van der Waals surface area contributed by atoms with Crippen molar-refractivity contribution in [2.24, 2.45) is 5.92 Å². The minimum atomic E-state index is -4.33. The summed E-state index contributed by atoms with van der Waals surface area (Å²) < 4.78 is 37.4. The zero-order valence-electron chi connectivity index (χ0n) is 11.8. The predicted octanol–water partition coefficient (Wildman–Crippen LogP) is 4.24. The maximum absolute atomic E-state index is 12.5. The lowest BCUT2D eigenvalue weighted by molar-refractivity contribution is -0.137. The van der Waals surface area contributed by atoms with Crippen molar-refractivity contribution in [2.45, 2.75) is 38.4 Å². The fourth-order valence-electron chi connectivity index (χ4n) is 2.45. The molecular weight excluding hydrogens is 279 g/mol. The summed E-state index contributed by atoms with van der Waals surface area (Å²) in [6.07, 6.45) is 2.20. The minimum Gasteiger partial charge on any atom is -0.350 e. The van der Waals surface area contributed by atoms with Gasteiger partial charge in [-0.05, 0) is 43.4 Å². The van der Waals surface area contributed by atoms with Gasteiger partial charge >= 0.3 is 6.18 Å². The van der Waals surface area contributed by atoms with Crippen LogP contribution in [0.3, 0.4) is 0 Å². The number of carbonyl (C=O) groups excluding carboxylic acids is 1. The number of hydrogen-bond donors (Lipinski definition) is 1. The average molecular weight is 297 g/mol. The summed E-state index contributed by atoms with van der Waals surface area (Å²) in [5.41, 5.74) is -0.0146. The lowest BCUT2D eigenvalue weighted by Gasteiger charge is -2.16. The van der Waals surface area contributed by atoms with E-state index in [1.807, 2.05) is 6.08 Å². The van der Waals surface area contributed by atoms with Crippen LogP contribution >= 0.6 is 0 Å². The van der Waals surface area contributed by atoms with Gasteiger partial charge in [0.1, 0.15) is 0 Å². The van der Waals surface area contributed by atoms with Crippen LogP contribution in [0.1, 0.15) is 43.4 Å². The lowest BCUT2D eigenvalue weighted by Crippen LogP contribution is -2.27. The number of alkyl halides is 3. The summed E-state index contributed by atoms with van der Waals surface area (Å²) in [6, 6.07) is 4.59. The summed E-state index contributed by atoms with van der Waals surface area (Å²) >= 11 is 0. The molecule has 0 aromatic heterocycles. The Morgan fingerprint density at radius 3 is 2.52 bits per heavy atom. The summed E-state index contributed by atoms with van der Waals surface area (Å²) in [5, 5.41) is 2.83. The second-order valence-electron chi connectivity index (χ2n) is 5.38. The SMILES string of the molecule is C[C@@H](NC(=O)C[C@H]1C=CCC1)c1ccc(C(F)(F)F)cc1. The van der Waals surface area contributed by atoms with Crippen molar-refractivity contribution in [3.8, 4) is 0 Å². The Kier molecular flexibility index (Phi) is 4.70. The molecule has 0 fully saturated rings. The van der Waals surface area contributed by atoms with Crippen molar-refractivity contribution in [3.63, 3.8) is 0 Å². The molecule has 0 heterocycles. The first kappa shape index (κ1) is 15.6. The zero-order chi connectivity index (χ0) is 15.5. The van der Waals surface area contributed by atoms with Gasteiger partial charge in [0.05, 0.1) is 11.6 Å². The Bertz CT molecular complexity index is 519. The molecular formula is C16H18F3NO. The van der Waals surface area contributed by atoms with Gasteiger partial charge in [0.25, 0.3) is 0 Å². The molecule has 0 bridgehead atoms. The standard InChI is InChI=1S/C16H18F3NO/c1-11(20-15(21)10-12-4-2-3-5-12)13-6-8-14(9-7-13)16(17,18)19/h2,4,6-9,11-12H,3,5,10H2,1H3,(H,20,21)/t11-,12+/m1/s1. The molecule has 0 radical (unpaired) electrons. The van der Waals surface area contributed by atoms with E-state index in [0.717, 1.165) is 25.0 Å². The molecule has 0 saturated carbocycles. The van der Waals surface area contributed by atoms with Crippen LogP contribution in [0.15, 0.2) is 36.4 Å². The Morgan fingerprint density at radius 1 is 1.33 bits per heavy atom. The highest BCUT2D eigenvalue weighted by molar-refractivity contribution is 5.77. The largest absolute Gasteiger partial charge is 0.416 e. The lowest BCUT2D eigenvalue weighted by atomic mass is 10.0. The molecule has 2 atom stereocenters. The van der Waals surface area contributed by atoms with E-state index in [1.54, 1.807) is 6.92 Å². The van der Waals surface area contributed by atoms with E-state index in [1.165, 1.54) is 12.1 Å². The van der Waals surface area contributed by atoms with Crippen LogP contribution < -0.4 is 5.32 Å². The third kappa shape index (κ3) is 4.34. The number of amides is 1. The number of benzene rings is 1. The first-order chi connectivity index (χ1) is 9.86. The summed E-state index contributed by atoms with van der Waals surface area (Å²) in [5.74, 6) is 0.212. The van der Waals surface area contributed by atoms with Crippen molar-refractivity contribution < 1.29 is 18.0 Å². The number of rotatable bonds is 4. The molecule has 2 rings (SSSR count). The fraction of sp³-hybridized carbons (Fsp3) is 0.438. The second kappa shape index (κ2) is 6.33. The topological polar surface area (TPSA) is 29.1 Å². The average Bonchev–Trinajstić information content (AvgIpc) is 2.90. The summed E-state index contributed by atoms with van der Waals surface area (Å²) in [7, 11) is 0. The summed E-state index contributed by atoms with van der Waals surface area (Å²) in [4.78, 5) is 11.9. The molecule has 0 spiro atoms. The van der Waals surface area contributed by atoms with Gasteiger partial charge in [-0.25, -0.2) is 0 Å². The highest BCUT2D eigenvalue weighted by atomic mass is 19.4. The first-order valence-electron chi connectivity index (χ1n) is 6.99.